The smallest absolute Gasteiger partial charge is 0.339 e. The number of fused-ring (bicyclic) bond motifs is 1. The molecule has 0 aromatic heterocycles. The largest absolute Gasteiger partial charge is 0.462 e. The second-order valence-corrected chi connectivity index (χ2v) is 8.55. The summed E-state index contributed by atoms with van der Waals surface area (Å²) in [6, 6.07) is 8.93. The summed E-state index contributed by atoms with van der Waals surface area (Å²) in [6.45, 7) is 4.18. The first-order valence-electron chi connectivity index (χ1n) is 9.19. The lowest BCUT2D eigenvalue weighted by Gasteiger charge is -2.16. The van der Waals surface area contributed by atoms with E-state index in [0.717, 1.165) is 11.3 Å². The van der Waals surface area contributed by atoms with E-state index in [1.165, 1.54) is 24.3 Å². The van der Waals surface area contributed by atoms with Crippen molar-refractivity contribution in [3.05, 3.63) is 52.5 Å². The van der Waals surface area contributed by atoms with Crippen LogP contribution in [0, 0.1) is 0 Å². The Kier molecular flexibility index (Phi) is 6.14. The van der Waals surface area contributed by atoms with E-state index in [4.69, 9.17) is 16.3 Å². The number of hydrogen-bond acceptors (Lipinski definition) is 5. The van der Waals surface area contributed by atoms with Gasteiger partial charge in [0, 0.05) is 24.3 Å². The third-order valence-corrected chi connectivity index (χ3v) is 6.28. The number of carbonyl (C=O) groups excluding carboxylic acids is 2. The summed E-state index contributed by atoms with van der Waals surface area (Å²) in [5.41, 5.74) is 1.82. The number of amides is 1. The first kappa shape index (κ1) is 21.1. The predicted octanol–water partition coefficient (Wildman–Crippen LogP) is 3.62. The van der Waals surface area contributed by atoms with Gasteiger partial charge >= 0.3 is 5.97 Å². The summed E-state index contributed by atoms with van der Waals surface area (Å²) in [5, 5.41) is 0.171. The average Bonchev–Trinajstić information content (AvgIpc) is 3.12. The van der Waals surface area contributed by atoms with Crippen molar-refractivity contribution >= 4 is 44.9 Å². The zero-order valence-electron chi connectivity index (χ0n) is 16.1. The molecule has 9 heteroatoms. The molecule has 1 heterocycles. The Labute approximate surface area is 174 Å². The summed E-state index contributed by atoms with van der Waals surface area (Å²) in [5.74, 6) is -0.623. The highest BCUT2D eigenvalue weighted by atomic mass is 35.5. The third kappa shape index (κ3) is 4.38. The summed E-state index contributed by atoms with van der Waals surface area (Å²) >= 11 is 6.02. The normalized spacial score (nSPS) is 13.1. The van der Waals surface area contributed by atoms with Gasteiger partial charge in [-0.05, 0) is 55.3 Å². The number of sulfonamides is 1. The molecular formula is C20H21ClN2O5S. The van der Waals surface area contributed by atoms with Crippen molar-refractivity contribution in [2.45, 2.75) is 31.6 Å². The number of hydrogen-bond donors (Lipinski definition) is 1. The molecule has 2 aromatic carbocycles. The number of nitrogens with zero attached hydrogens (tertiary/aromatic N) is 1. The van der Waals surface area contributed by atoms with Crippen LogP contribution in [0.4, 0.5) is 11.4 Å². The van der Waals surface area contributed by atoms with Gasteiger partial charge in [0.05, 0.1) is 22.1 Å². The van der Waals surface area contributed by atoms with Gasteiger partial charge < -0.3 is 9.64 Å². The van der Waals surface area contributed by atoms with Crippen molar-refractivity contribution < 1.29 is 22.7 Å². The number of rotatable bonds is 6. The first-order chi connectivity index (χ1) is 13.8. The van der Waals surface area contributed by atoms with Crippen molar-refractivity contribution in [2.75, 3.05) is 22.8 Å². The summed E-state index contributed by atoms with van der Waals surface area (Å²) in [6.07, 6.45) is 0.985. The SMILES string of the molecule is CCOC(=O)c1cc(NS(=O)(=O)c2ccc3c(c2)CCN3C(=O)CC)ccc1Cl. The Morgan fingerprint density at radius 1 is 1.17 bits per heavy atom. The zero-order valence-corrected chi connectivity index (χ0v) is 17.6. The molecule has 7 nitrogen and oxygen atoms in total. The third-order valence-electron chi connectivity index (χ3n) is 4.57. The predicted molar refractivity (Wildman–Crippen MR) is 111 cm³/mol. The topological polar surface area (TPSA) is 92.8 Å². The van der Waals surface area contributed by atoms with E-state index < -0.39 is 16.0 Å². The Morgan fingerprint density at radius 2 is 1.93 bits per heavy atom. The van der Waals surface area contributed by atoms with Crippen LogP contribution in [0.3, 0.4) is 0 Å². The molecule has 29 heavy (non-hydrogen) atoms. The zero-order chi connectivity index (χ0) is 21.2. The van der Waals surface area contributed by atoms with Crippen LogP contribution < -0.4 is 9.62 Å². The van der Waals surface area contributed by atoms with Gasteiger partial charge in [0.2, 0.25) is 5.91 Å². The van der Waals surface area contributed by atoms with Crippen LogP contribution in [0.5, 0.6) is 0 Å². The Hall–Kier alpha value is -2.58. The lowest BCUT2D eigenvalue weighted by molar-refractivity contribution is -0.118. The molecule has 0 aliphatic carbocycles. The molecule has 1 aliphatic heterocycles. The molecule has 0 fully saturated rings. The average molecular weight is 437 g/mol. The van der Waals surface area contributed by atoms with Gasteiger partial charge in [-0.15, -0.1) is 0 Å². The van der Waals surface area contributed by atoms with Crippen molar-refractivity contribution in [1.29, 1.82) is 0 Å². The number of anilines is 2. The van der Waals surface area contributed by atoms with Gasteiger partial charge in [-0.1, -0.05) is 18.5 Å². The van der Waals surface area contributed by atoms with E-state index in [0.29, 0.717) is 19.4 Å². The number of esters is 1. The minimum Gasteiger partial charge on any atom is -0.462 e. The maximum atomic E-state index is 12.8. The molecular weight excluding hydrogens is 416 g/mol. The van der Waals surface area contributed by atoms with Crippen molar-refractivity contribution in [3.63, 3.8) is 0 Å². The van der Waals surface area contributed by atoms with Crippen LogP contribution in [-0.4, -0.2) is 33.4 Å². The molecule has 1 N–H and O–H groups in total. The van der Waals surface area contributed by atoms with Crippen LogP contribution in [0.2, 0.25) is 5.02 Å². The second kappa shape index (κ2) is 8.42. The Bertz CT molecular complexity index is 1070. The molecule has 2 aromatic rings. The lowest BCUT2D eigenvalue weighted by Crippen LogP contribution is -2.27. The van der Waals surface area contributed by atoms with Crippen LogP contribution in [0.1, 0.15) is 36.2 Å². The van der Waals surface area contributed by atoms with E-state index in [1.807, 2.05) is 0 Å². The van der Waals surface area contributed by atoms with Gasteiger partial charge in [-0.3, -0.25) is 9.52 Å². The van der Waals surface area contributed by atoms with E-state index >= 15 is 0 Å². The highest BCUT2D eigenvalue weighted by Gasteiger charge is 2.26. The van der Waals surface area contributed by atoms with E-state index in [2.05, 4.69) is 4.72 Å². The molecule has 0 radical (unpaired) electrons. The molecule has 0 saturated heterocycles. The summed E-state index contributed by atoms with van der Waals surface area (Å²) < 4.78 is 33.0. The van der Waals surface area contributed by atoms with Crippen LogP contribution in [0.15, 0.2) is 41.3 Å². The molecule has 1 amide bonds. The number of ether oxygens (including phenoxy) is 1. The second-order valence-electron chi connectivity index (χ2n) is 6.46. The fraction of sp³-hybridized carbons (Fsp3) is 0.300. The maximum absolute atomic E-state index is 12.8. The monoisotopic (exact) mass is 436 g/mol. The standard InChI is InChI=1S/C20H21ClN2O5S/c1-3-19(24)23-10-9-13-11-15(6-8-18(13)23)29(26,27)22-14-5-7-17(21)16(12-14)20(25)28-4-2/h5-8,11-12,22H,3-4,9-10H2,1-2H3. The van der Waals surface area contributed by atoms with Crippen molar-refractivity contribution in [3.8, 4) is 0 Å². The minimum atomic E-state index is -3.89. The molecule has 0 atom stereocenters. The van der Waals surface area contributed by atoms with Gasteiger partial charge in [-0.25, -0.2) is 13.2 Å². The number of carbonyl (C=O) groups is 2. The van der Waals surface area contributed by atoms with Crippen molar-refractivity contribution in [1.82, 2.24) is 0 Å². The van der Waals surface area contributed by atoms with Crippen molar-refractivity contribution in [2.24, 2.45) is 0 Å². The Morgan fingerprint density at radius 3 is 2.62 bits per heavy atom. The molecule has 0 unspecified atom stereocenters. The number of nitrogens with one attached hydrogen (secondary N) is 1. The number of halogens is 1. The highest BCUT2D eigenvalue weighted by Crippen LogP contribution is 2.31. The molecule has 0 spiro atoms. The van der Waals surface area contributed by atoms with E-state index in [1.54, 1.807) is 30.9 Å². The molecule has 1 aliphatic rings. The first-order valence-corrected chi connectivity index (χ1v) is 11.1. The minimum absolute atomic E-state index is 0.00476. The summed E-state index contributed by atoms with van der Waals surface area (Å²) in [4.78, 5) is 25.7. The van der Waals surface area contributed by atoms with Gasteiger partial charge in [0.25, 0.3) is 10.0 Å². The molecule has 3 rings (SSSR count). The van der Waals surface area contributed by atoms with Crippen LogP contribution in [0.25, 0.3) is 0 Å². The van der Waals surface area contributed by atoms with Crippen LogP contribution in [-0.2, 0) is 26.0 Å². The molecule has 0 saturated carbocycles. The van der Waals surface area contributed by atoms with Gasteiger partial charge in [0.15, 0.2) is 0 Å². The molecule has 154 valence electrons. The fourth-order valence-corrected chi connectivity index (χ4v) is 4.46. The number of benzene rings is 2. The fourth-order valence-electron chi connectivity index (χ4n) is 3.16. The molecule has 0 bridgehead atoms. The lowest BCUT2D eigenvalue weighted by atomic mass is 10.2. The Balaban J connectivity index is 1.87. The van der Waals surface area contributed by atoms with E-state index in [9.17, 15) is 18.0 Å². The quantitative estimate of drug-likeness (QED) is 0.698. The highest BCUT2D eigenvalue weighted by molar-refractivity contribution is 7.92. The van der Waals surface area contributed by atoms with Gasteiger partial charge in [-0.2, -0.15) is 0 Å². The van der Waals surface area contributed by atoms with Gasteiger partial charge in [0.1, 0.15) is 0 Å². The maximum Gasteiger partial charge on any atom is 0.339 e. The van der Waals surface area contributed by atoms with E-state index in [-0.39, 0.29) is 33.7 Å². The van der Waals surface area contributed by atoms with Crippen LogP contribution >= 0.6 is 11.6 Å². The summed E-state index contributed by atoms with van der Waals surface area (Å²) in [7, 11) is -3.89.